The van der Waals surface area contributed by atoms with Gasteiger partial charge in [0, 0.05) is 6.42 Å². The molecule has 0 bridgehead atoms. The van der Waals surface area contributed by atoms with E-state index in [1.54, 1.807) is 0 Å². The van der Waals surface area contributed by atoms with Crippen LogP contribution in [0.4, 0.5) is 4.79 Å². The standard InChI is InChI=1S/C13H15NO4/c15-12(7-6-11-9-18-13(16)14-11)17-8-10-4-2-1-3-5-10/h1-5,11H,6-9H2,(H,14,16)/t11-/m1/s1. The van der Waals surface area contributed by atoms with Gasteiger partial charge in [0.15, 0.2) is 0 Å². The Morgan fingerprint density at radius 3 is 2.83 bits per heavy atom. The molecule has 1 fully saturated rings. The molecule has 1 saturated heterocycles. The van der Waals surface area contributed by atoms with Gasteiger partial charge in [-0.25, -0.2) is 4.79 Å². The molecule has 1 aromatic carbocycles. The van der Waals surface area contributed by atoms with Crippen molar-refractivity contribution in [3.05, 3.63) is 35.9 Å². The number of hydrogen-bond donors (Lipinski definition) is 1. The lowest BCUT2D eigenvalue weighted by atomic mass is 10.2. The summed E-state index contributed by atoms with van der Waals surface area (Å²) in [6.45, 7) is 0.609. The van der Waals surface area contributed by atoms with Gasteiger partial charge in [-0.05, 0) is 12.0 Å². The van der Waals surface area contributed by atoms with Crippen LogP contribution in [0.5, 0.6) is 0 Å². The second-order valence-electron chi connectivity index (χ2n) is 4.12. The second kappa shape index (κ2) is 6.05. The van der Waals surface area contributed by atoms with E-state index in [4.69, 9.17) is 9.47 Å². The predicted molar refractivity (Wildman–Crippen MR) is 63.7 cm³/mol. The molecule has 1 aliphatic heterocycles. The van der Waals surface area contributed by atoms with Crippen LogP contribution in [-0.4, -0.2) is 24.7 Å². The lowest BCUT2D eigenvalue weighted by Gasteiger charge is -2.07. The summed E-state index contributed by atoms with van der Waals surface area (Å²) in [7, 11) is 0. The summed E-state index contributed by atoms with van der Waals surface area (Å²) in [6, 6.07) is 9.43. The van der Waals surface area contributed by atoms with E-state index in [-0.39, 0.29) is 25.0 Å². The lowest BCUT2D eigenvalue weighted by molar-refractivity contribution is -0.145. The van der Waals surface area contributed by atoms with Crippen molar-refractivity contribution in [2.45, 2.75) is 25.5 Å². The van der Waals surface area contributed by atoms with Crippen molar-refractivity contribution >= 4 is 12.1 Å². The van der Waals surface area contributed by atoms with Gasteiger partial charge in [-0.15, -0.1) is 0 Å². The fourth-order valence-corrected chi connectivity index (χ4v) is 1.68. The van der Waals surface area contributed by atoms with Gasteiger partial charge in [0.2, 0.25) is 0 Å². The molecule has 0 spiro atoms. The third-order valence-electron chi connectivity index (χ3n) is 2.68. The SMILES string of the molecule is O=C(CC[C@@H]1COC(=O)N1)OCc1ccccc1. The van der Waals surface area contributed by atoms with E-state index in [0.29, 0.717) is 13.0 Å². The maximum absolute atomic E-state index is 11.5. The van der Waals surface area contributed by atoms with Crippen molar-refractivity contribution in [2.75, 3.05) is 6.61 Å². The molecule has 1 aliphatic rings. The van der Waals surface area contributed by atoms with Gasteiger partial charge in [-0.3, -0.25) is 4.79 Å². The minimum absolute atomic E-state index is 0.0817. The van der Waals surface area contributed by atoms with E-state index in [2.05, 4.69) is 5.32 Å². The molecule has 5 nitrogen and oxygen atoms in total. The number of alkyl carbamates (subject to hydrolysis) is 1. The van der Waals surface area contributed by atoms with Crippen molar-refractivity contribution in [3.63, 3.8) is 0 Å². The molecule has 18 heavy (non-hydrogen) atoms. The highest BCUT2D eigenvalue weighted by atomic mass is 16.6. The largest absolute Gasteiger partial charge is 0.461 e. The van der Waals surface area contributed by atoms with Crippen LogP contribution in [0.2, 0.25) is 0 Å². The van der Waals surface area contributed by atoms with E-state index in [0.717, 1.165) is 5.56 Å². The van der Waals surface area contributed by atoms with Crippen molar-refractivity contribution in [2.24, 2.45) is 0 Å². The van der Waals surface area contributed by atoms with Gasteiger partial charge in [0.1, 0.15) is 13.2 Å². The Kier molecular flexibility index (Phi) is 4.17. The summed E-state index contributed by atoms with van der Waals surface area (Å²) < 4.78 is 9.85. The van der Waals surface area contributed by atoms with Gasteiger partial charge in [-0.1, -0.05) is 30.3 Å². The maximum Gasteiger partial charge on any atom is 0.407 e. The van der Waals surface area contributed by atoms with E-state index in [9.17, 15) is 9.59 Å². The summed E-state index contributed by atoms with van der Waals surface area (Å²) in [5.74, 6) is -0.264. The Morgan fingerprint density at radius 1 is 1.39 bits per heavy atom. The van der Waals surface area contributed by atoms with Crippen molar-refractivity contribution in [1.29, 1.82) is 0 Å². The average molecular weight is 249 g/mol. The molecule has 0 saturated carbocycles. The van der Waals surface area contributed by atoms with Crippen LogP contribution in [0.3, 0.4) is 0 Å². The third-order valence-corrected chi connectivity index (χ3v) is 2.68. The van der Waals surface area contributed by atoms with Crippen LogP contribution in [0.25, 0.3) is 0 Å². The molecule has 0 aliphatic carbocycles. The number of ether oxygens (including phenoxy) is 2. The molecular weight excluding hydrogens is 234 g/mol. The number of cyclic esters (lactones) is 1. The van der Waals surface area contributed by atoms with Crippen LogP contribution >= 0.6 is 0 Å². The van der Waals surface area contributed by atoms with E-state index >= 15 is 0 Å². The Balaban J connectivity index is 1.65. The Labute approximate surface area is 105 Å². The quantitative estimate of drug-likeness (QED) is 0.805. The van der Waals surface area contributed by atoms with E-state index in [1.165, 1.54) is 0 Å². The van der Waals surface area contributed by atoms with Gasteiger partial charge < -0.3 is 14.8 Å². The van der Waals surface area contributed by atoms with E-state index in [1.807, 2.05) is 30.3 Å². The molecule has 1 amide bonds. The zero-order valence-electron chi connectivity index (χ0n) is 9.93. The second-order valence-corrected chi connectivity index (χ2v) is 4.12. The monoisotopic (exact) mass is 249 g/mol. The van der Waals surface area contributed by atoms with Crippen molar-refractivity contribution < 1.29 is 19.1 Å². The highest BCUT2D eigenvalue weighted by Gasteiger charge is 2.22. The molecule has 1 N–H and O–H groups in total. The molecule has 2 rings (SSSR count). The topological polar surface area (TPSA) is 64.6 Å². The summed E-state index contributed by atoms with van der Waals surface area (Å²) in [4.78, 5) is 22.2. The van der Waals surface area contributed by atoms with Crippen molar-refractivity contribution in [3.8, 4) is 0 Å². The zero-order chi connectivity index (χ0) is 12.8. The van der Waals surface area contributed by atoms with Crippen LogP contribution in [0, 0.1) is 0 Å². The molecule has 0 aromatic heterocycles. The fraction of sp³-hybridized carbons (Fsp3) is 0.385. The molecule has 1 aromatic rings. The average Bonchev–Trinajstić information content (AvgIpc) is 2.81. The third kappa shape index (κ3) is 3.76. The highest BCUT2D eigenvalue weighted by Crippen LogP contribution is 2.07. The number of esters is 1. The molecule has 0 radical (unpaired) electrons. The number of benzene rings is 1. The summed E-state index contributed by atoms with van der Waals surface area (Å²) in [6.07, 6.45) is 0.401. The first-order valence-electron chi connectivity index (χ1n) is 5.87. The van der Waals surface area contributed by atoms with Gasteiger partial charge >= 0.3 is 12.1 Å². The first-order chi connectivity index (χ1) is 8.74. The van der Waals surface area contributed by atoms with Crippen LogP contribution in [-0.2, 0) is 20.9 Å². The Bertz CT molecular complexity index is 418. The normalized spacial score (nSPS) is 18.0. The molecule has 96 valence electrons. The number of hydrogen-bond acceptors (Lipinski definition) is 4. The molecule has 1 atom stereocenters. The highest BCUT2D eigenvalue weighted by molar-refractivity contribution is 5.71. The smallest absolute Gasteiger partial charge is 0.407 e. The molecule has 5 heteroatoms. The van der Waals surface area contributed by atoms with Crippen LogP contribution < -0.4 is 5.32 Å². The van der Waals surface area contributed by atoms with Crippen molar-refractivity contribution in [1.82, 2.24) is 5.32 Å². The first-order valence-corrected chi connectivity index (χ1v) is 5.87. The minimum atomic E-state index is -0.419. The Morgan fingerprint density at radius 2 is 2.17 bits per heavy atom. The van der Waals surface area contributed by atoms with Gasteiger partial charge in [0.25, 0.3) is 0 Å². The van der Waals surface area contributed by atoms with Gasteiger partial charge in [0.05, 0.1) is 6.04 Å². The minimum Gasteiger partial charge on any atom is -0.461 e. The summed E-state index contributed by atoms with van der Waals surface area (Å²) >= 11 is 0. The number of carbonyl (C=O) groups is 2. The summed E-state index contributed by atoms with van der Waals surface area (Å²) in [5, 5.41) is 2.61. The van der Waals surface area contributed by atoms with Crippen LogP contribution in [0.15, 0.2) is 30.3 Å². The number of carbonyl (C=O) groups excluding carboxylic acids is 2. The maximum atomic E-state index is 11.5. The van der Waals surface area contributed by atoms with Crippen LogP contribution in [0.1, 0.15) is 18.4 Å². The van der Waals surface area contributed by atoms with E-state index < -0.39 is 6.09 Å². The fourth-order valence-electron chi connectivity index (χ4n) is 1.68. The first kappa shape index (κ1) is 12.4. The van der Waals surface area contributed by atoms with Gasteiger partial charge in [-0.2, -0.15) is 0 Å². The molecule has 0 unspecified atom stereocenters. The number of rotatable bonds is 5. The summed E-state index contributed by atoms with van der Waals surface area (Å²) in [5.41, 5.74) is 0.961. The molecular formula is C13H15NO4. The Hall–Kier alpha value is -2.04. The molecule has 1 heterocycles. The zero-order valence-corrected chi connectivity index (χ0v) is 9.93. The number of nitrogens with one attached hydrogen (secondary N) is 1. The predicted octanol–water partition coefficient (Wildman–Crippen LogP) is 1.62. The lowest BCUT2D eigenvalue weighted by Crippen LogP contribution is -2.26. The number of amides is 1.